The van der Waals surface area contributed by atoms with Gasteiger partial charge in [-0.25, -0.2) is 0 Å². The SMILES string of the molecule is CC(C)=CCCC(C)=CCCC(C)=CCC(/C=C(\C)CC/C=C(\C)CC/C=C(\C)CCC=C(C)C)C1=C(C)C(=O)c2ccccc2C1=O. The molecule has 0 saturated heterocycles. The lowest BCUT2D eigenvalue weighted by Gasteiger charge is -2.24. The number of carbonyl (C=O) groups is 2. The Morgan fingerprint density at radius 2 is 0.896 bits per heavy atom. The number of allylic oxidation sites excluding steroid dienone is 16. The largest absolute Gasteiger partial charge is 0.289 e. The molecule has 1 aliphatic carbocycles. The highest BCUT2D eigenvalue weighted by atomic mass is 16.1. The number of hydrogen-bond donors (Lipinski definition) is 0. The first-order chi connectivity index (χ1) is 22.8. The van der Waals surface area contributed by atoms with Crippen LogP contribution >= 0.6 is 0 Å². The summed E-state index contributed by atoms with van der Waals surface area (Å²) in [6, 6.07) is 7.28. The molecule has 1 aromatic rings. The van der Waals surface area contributed by atoms with E-state index < -0.39 is 0 Å². The van der Waals surface area contributed by atoms with Gasteiger partial charge >= 0.3 is 0 Å². The highest BCUT2D eigenvalue weighted by Crippen LogP contribution is 2.34. The van der Waals surface area contributed by atoms with Crippen LogP contribution in [0.3, 0.4) is 0 Å². The van der Waals surface area contributed by atoms with E-state index in [0.29, 0.717) is 28.7 Å². The highest BCUT2D eigenvalue weighted by Gasteiger charge is 2.32. The lowest BCUT2D eigenvalue weighted by Crippen LogP contribution is -2.25. The summed E-state index contributed by atoms with van der Waals surface area (Å²) in [5.74, 6) is -0.154. The second kappa shape index (κ2) is 21.5. The van der Waals surface area contributed by atoms with Gasteiger partial charge in [-0.2, -0.15) is 0 Å². The Hall–Kier alpha value is -3.52. The van der Waals surface area contributed by atoms with Crippen LogP contribution in [0.1, 0.15) is 161 Å². The van der Waals surface area contributed by atoms with Gasteiger partial charge < -0.3 is 0 Å². The zero-order valence-electron chi connectivity index (χ0n) is 32.0. The van der Waals surface area contributed by atoms with Crippen molar-refractivity contribution in [1.82, 2.24) is 0 Å². The van der Waals surface area contributed by atoms with Gasteiger partial charge in [-0.3, -0.25) is 9.59 Å². The van der Waals surface area contributed by atoms with Crippen LogP contribution in [0.15, 0.2) is 117 Å². The van der Waals surface area contributed by atoms with Crippen LogP contribution in [-0.2, 0) is 0 Å². The van der Waals surface area contributed by atoms with Gasteiger partial charge in [0.2, 0.25) is 0 Å². The third-order valence-corrected chi connectivity index (χ3v) is 9.26. The Labute approximate surface area is 294 Å². The summed E-state index contributed by atoms with van der Waals surface area (Å²) in [6.45, 7) is 21.5. The quantitative estimate of drug-likeness (QED) is 0.140. The predicted molar refractivity (Wildman–Crippen MR) is 210 cm³/mol. The minimum atomic E-state index is -0.129. The molecular formula is C46H64O2. The van der Waals surface area contributed by atoms with E-state index in [0.717, 1.165) is 64.2 Å². The fourth-order valence-electron chi connectivity index (χ4n) is 6.21. The Morgan fingerprint density at radius 3 is 1.33 bits per heavy atom. The number of Topliss-reactive ketones (excluding diaryl/α,β-unsaturated/α-hetero) is 2. The van der Waals surface area contributed by atoms with Crippen molar-refractivity contribution in [2.24, 2.45) is 5.92 Å². The van der Waals surface area contributed by atoms with E-state index in [-0.39, 0.29) is 17.5 Å². The maximum Gasteiger partial charge on any atom is 0.190 e. The summed E-state index contributed by atoms with van der Waals surface area (Å²) in [5.41, 5.74) is 12.0. The number of benzene rings is 1. The molecule has 260 valence electrons. The minimum Gasteiger partial charge on any atom is -0.289 e. The Bertz CT molecular complexity index is 1500. The summed E-state index contributed by atoms with van der Waals surface area (Å²) in [6.07, 6.45) is 27.6. The molecule has 48 heavy (non-hydrogen) atoms. The molecule has 1 atom stereocenters. The fourth-order valence-corrected chi connectivity index (χ4v) is 6.21. The number of ketones is 2. The Morgan fingerprint density at radius 1 is 0.521 bits per heavy atom. The molecule has 0 saturated carbocycles. The van der Waals surface area contributed by atoms with Crippen LogP contribution in [-0.4, -0.2) is 11.6 Å². The standard InChI is InChI=1S/C46H64O2/c1-33(2)18-13-20-35(5)22-15-23-37(7)25-17-27-39(9)32-41(31-30-38(8)26-16-24-36(6)21-14-19-34(3)4)44-40(10)45(47)42-28-11-12-29-43(42)46(44)48/h11-12,18-19,22,24-25,28-30,32,41H,13-17,20-21,23,26-27,31H2,1-10H3/b35-22+,36-24?,37-25+,38-30?,39-32+. The smallest absolute Gasteiger partial charge is 0.190 e. The third kappa shape index (κ3) is 14.7. The molecule has 0 fully saturated rings. The van der Waals surface area contributed by atoms with E-state index >= 15 is 0 Å². The maximum atomic E-state index is 13.9. The van der Waals surface area contributed by atoms with Gasteiger partial charge in [0.15, 0.2) is 11.6 Å². The van der Waals surface area contributed by atoms with Gasteiger partial charge in [0, 0.05) is 28.2 Å². The molecule has 0 radical (unpaired) electrons. The van der Waals surface area contributed by atoms with Gasteiger partial charge in [-0.05, 0) is 140 Å². The second-order valence-electron chi connectivity index (χ2n) is 14.6. The molecule has 2 nitrogen and oxygen atoms in total. The lowest BCUT2D eigenvalue weighted by molar-refractivity contribution is 0.0968. The molecule has 0 aliphatic heterocycles. The zero-order chi connectivity index (χ0) is 35.6. The number of hydrogen-bond acceptors (Lipinski definition) is 2. The average Bonchev–Trinajstić information content (AvgIpc) is 3.02. The van der Waals surface area contributed by atoms with Crippen molar-refractivity contribution < 1.29 is 9.59 Å². The van der Waals surface area contributed by atoms with Crippen molar-refractivity contribution in [3.05, 3.63) is 128 Å². The summed E-state index contributed by atoms with van der Waals surface area (Å²) in [5, 5.41) is 0. The Kier molecular flexibility index (Phi) is 18.2. The van der Waals surface area contributed by atoms with Gasteiger partial charge in [0.05, 0.1) is 0 Å². The molecule has 0 N–H and O–H groups in total. The molecule has 0 spiro atoms. The van der Waals surface area contributed by atoms with Crippen molar-refractivity contribution >= 4 is 11.6 Å². The summed E-state index contributed by atoms with van der Waals surface area (Å²) >= 11 is 0. The van der Waals surface area contributed by atoms with E-state index in [1.807, 2.05) is 19.1 Å². The first kappa shape index (κ1) is 40.7. The molecule has 1 aliphatic rings. The molecule has 1 aromatic carbocycles. The molecule has 2 rings (SSSR count). The topological polar surface area (TPSA) is 34.1 Å². The predicted octanol–water partition coefficient (Wildman–Crippen LogP) is 14.0. The average molecular weight is 649 g/mol. The van der Waals surface area contributed by atoms with E-state index in [1.165, 1.54) is 39.0 Å². The monoisotopic (exact) mass is 648 g/mol. The van der Waals surface area contributed by atoms with Gasteiger partial charge in [0.25, 0.3) is 0 Å². The van der Waals surface area contributed by atoms with Crippen LogP contribution in [0.25, 0.3) is 0 Å². The van der Waals surface area contributed by atoms with Crippen molar-refractivity contribution in [3.8, 4) is 0 Å². The minimum absolute atomic E-state index is 0.00216. The van der Waals surface area contributed by atoms with Crippen molar-refractivity contribution in [3.63, 3.8) is 0 Å². The number of rotatable bonds is 19. The number of fused-ring (bicyclic) bond motifs is 1. The highest BCUT2D eigenvalue weighted by molar-refractivity contribution is 6.27. The van der Waals surface area contributed by atoms with E-state index in [9.17, 15) is 9.59 Å². The van der Waals surface area contributed by atoms with Crippen LogP contribution in [0.5, 0.6) is 0 Å². The molecule has 0 aromatic heterocycles. The van der Waals surface area contributed by atoms with Crippen LogP contribution in [0.2, 0.25) is 0 Å². The van der Waals surface area contributed by atoms with Crippen molar-refractivity contribution in [1.29, 1.82) is 0 Å². The first-order valence-corrected chi connectivity index (χ1v) is 18.3. The van der Waals surface area contributed by atoms with Gasteiger partial charge in [-0.1, -0.05) is 106 Å². The molecule has 0 heterocycles. The van der Waals surface area contributed by atoms with Gasteiger partial charge in [0.1, 0.15) is 0 Å². The third-order valence-electron chi connectivity index (χ3n) is 9.26. The first-order valence-electron chi connectivity index (χ1n) is 18.3. The second-order valence-corrected chi connectivity index (χ2v) is 14.6. The fraction of sp³-hybridized carbons (Fsp3) is 0.478. The van der Waals surface area contributed by atoms with E-state index in [4.69, 9.17) is 0 Å². The van der Waals surface area contributed by atoms with Gasteiger partial charge in [-0.15, -0.1) is 0 Å². The summed E-state index contributed by atoms with van der Waals surface area (Å²) in [7, 11) is 0. The number of carbonyl (C=O) groups excluding carboxylic acids is 2. The molecule has 0 amide bonds. The summed E-state index contributed by atoms with van der Waals surface area (Å²) < 4.78 is 0. The van der Waals surface area contributed by atoms with Crippen LogP contribution in [0, 0.1) is 5.92 Å². The normalized spacial score (nSPS) is 15.5. The Balaban J connectivity index is 2.16. The van der Waals surface area contributed by atoms with Crippen molar-refractivity contribution in [2.75, 3.05) is 0 Å². The zero-order valence-corrected chi connectivity index (χ0v) is 32.0. The van der Waals surface area contributed by atoms with E-state index in [2.05, 4.69) is 105 Å². The molecule has 1 unspecified atom stereocenters. The maximum absolute atomic E-state index is 13.9. The van der Waals surface area contributed by atoms with Crippen LogP contribution < -0.4 is 0 Å². The van der Waals surface area contributed by atoms with Crippen LogP contribution in [0.4, 0.5) is 0 Å². The van der Waals surface area contributed by atoms with Crippen molar-refractivity contribution in [2.45, 2.75) is 140 Å². The molecular weight excluding hydrogens is 585 g/mol. The summed E-state index contributed by atoms with van der Waals surface area (Å²) in [4.78, 5) is 27.3. The van der Waals surface area contributed by atoms with E-state index in [1.54, 1.807) is 12.1 Å². The molecule has 2 heteroatoms. The molecule has 0 bridgehead atoms. The lowest BCUT2D eigenvalue weighted by atomic mass is 9.77.